The molecule has 0 saturated heterocycles. The van der Waals surface area contributed by atoms with E-state index in [0.29, 0.717) is 5.56 Å². The highest BCUT2D eigenvalue weighted by molar-refractivity contribution is 6.06. The quantitative estimate of drug-likeness (QED) is 0.614. The van der Waals surface area contributed by atoms with Crippen LogP contribution < -0.4 is 9.47 Å². The fourth-order valence-electron chi connectivity index (χ4n) is 1.77. The van der Waals surface area contributed by atoms with Crippen LogP contribution >= 0.6 is 0 Å². The van der Waals surface area contributed by atoms with Crippen molar-refractivity contribution in [2.45, 2.75) is 0 Å². The molecule has 0 aromatic heterocycles. The van der Waals surface area contributed by atoms with E-state index in [1.165, 1.54) is 0 Å². The minimum absolute atomic E-state index is 0.0459. The van der Waals surface area contributed by atoms with E-state index < -0.39 is 0 Å². The summed E-state index contributed by atoms with van der Waals surface area (Å²) >= 11 is 0. The maximum atomic E-state index is 12.0. The Hall–Kier alpha value is -2.55. The van der Waals surface area contributed by atoms with Crippen LogP contribution in [0.25, 0.3) is 6.08 Å². The molecule has 20 heavy (non-hydrogen) atoms. The van der Waals surface area contributed by atoms with Crippen LogP contribution in [0.15, 0.2) is 54.6 Å². The molecule has 2 aromatic carbocycles. The number of ether oxygens (including phenoxy) is 2. The van der Waals surface area contributed by atoms with E-state index in [4.69, 9.17) is 9.47 Å². The van der Waals surface area contributed by atoms with E-state index in [2.05, 4.69) is 0 Å². The molecule has 0 N–H and O–H groups in total. The molecule has 0 aliphatic rings. The van der Waals surface area contributed by atoms with E-state index >= 15 is 0 Å². The number of carbonyl (C=O) groups is 1. The molecule has 0 radical (unpaired) electrons. The highest BCUT2D eigenvalue weighted by Crippen LogP contribution is 2.15. The summed E-state index contributed by atoms with van der Waals surface area (Å²) in [6.45, 7) is 0. The van der Waals surface area contributed by atoms with Gasteiger partial charge in [0, 0.05) is 5.56 Å². The molecule has 0 aliphatic heterocycles. The third-order valence-corrected chi connectivity index (χ3v) is 2.90. The van der Waals surface area contributed by atoms with Crippen molar-refractivity contribution in [2.75, 3.05) is 14.2 Å². The number of ketones is 1. The largest absolute Gasteiger partial charge is 0.497 e. The second-order valence-corrected chi connectivity index (χ2v) is 4.20. The van der Waals surface area contributed by atoms with Gasteiger partial charge in [-0.15, -0.1) is 0 Å². The van der Waals surface area contributed by atoms with Gasteiger partial charge >= 0.3 is 0 Å². The van der Waals surface area contributed by atoms with Crippen LogP contribution in [-0.4, -0.2) is 20.0 Å². The molecule has 0 unspecified atom stereocenters. The lowest BCUT2D eigenvalue weighted by molar-refractivity contribution is 0.104. The monoisotopic (exact) mass is 268 g/mol. The SMILES string of the molecule is COc1ccc(C(=O)/C=C\c2cccc(OC)c2)cc1. The highest BCUT2D eigenvalue weighted by Gasteiger charge is 2.01. The van der Waals surface area contributed by atoms with Gasteiger partial charge in [0.05, 0.1) is 14.2 Å². The molecule has 0 aliphatic carbocycles. The van der Waals surface area contributed by atoms with Crippen molar-refractivity contribution in [3.8, 4) is 11.5 Å². The van der Waals surface area contributed by atoms with Crippen molar-refractivity contribution in [1.82, 2.24) is 0 Å². The van der Waals surface area contributed by atoms with Crippen molar-refractivity contribution < 1.29 is 14.3 Å². The first-order valence-electron chi connectivity index (χ1n) is 6.23. The molecule has 0 atom stereocenters. The van der Waals surface area contributed by atoms with Gasteiger partial charge in [-0.05, 0) is 48.0 Å². The maximum absolute atomic E-state index is 12.0. The summed E-state index contributed by atoms with van der Waals surface area (Å²) in [7, 11) is 3.21. The first-order valence-corrected chi connectivity index (χ1v) is 6.23. The summed E-state index contributed by atoms with van der Waals surface area (Å²) in [6, 6.07) is 14.6. The lowest BCUT2D eigenvalue weighted by atomic mass is 10.1. The Labute approximate surface area is 118 Å². The van der Waals surface area contributed by atoms with E-state index in [9.17, 15) is 4.79 Å². The number of carbonyl (C=O) groups excluding carboxylic acids is 1. The van der Waals surface area contributed by atoms with Gasteiger partial charge < -0.3 is 9.47 Å². The van der Waals surface area contributed by atoms with Crippen LogP contribution in [0.2, 0.25) is 0 Å². The third kappa shape index (κ3) is 3.48. The standard InChI is InChI=1S/C17H16O3/c1-19-15-9-7-14(8-10-15)17(18)11-6-13-4-3-5-16(12-13)20-2/h3-12H,1-2H3/b11-6-. The third-order valence-electron chi connectivity index (χ3n) is 2.90. The normalized spacial score (nSPS) is 10.5. The van der Waals surface area contributed by atoms with Crippen LogP contribution in [0.3, 0.4) is 0 Å². The number of rotatable bonds is 5. The second-order valence-electron chi connectivity index (χ2n) is 4.20. The Morgan fingerprint density at radius 2 is 1.65 bits per heavy atom. The Morgan fingerprint density at radius 1 is 0.950 bits per heavy atom. The van der Waals surface area contributed by atoms with E-state index in [1.54, 1.807) is 50.6 Å². The molecule has 0 heterocycles. The molecule has 3 nitrogen and oxygen atoms in total. The maximum Gasteiger partial charge on any atom is 0.185 e. The van der Waals surface area contributed by atoms with Crippen molar-refractivity contribution in [3.63, 3.8) is 0 Å². The average molecular weight is 268 g/mol. The molecule has 0 saturated carbocycles. The average Bonchev–Trinajstić information content (AvgIpc) is 2.53. The summed E-state index contributed by atoms with van der Waals surface area (Å²) < 4.78 is 10.2. The summed E-state index contributed by atoms with van der Waals surface area (Å²) in [5.74, 6) is 1.46. The van der Waals surface area contributed by atoms with Gasteiger partial charge in [0.25, 0.3) is 0 Å². The summed E-state index contributed by atoms with van der Waals surface area (Å²) in [5.41, 5.74) is 1.55. The van der Waals surface area contributed by atoms with Gasteiger partial charge in [0.15, 0.2) is 5.78 Å². The molecule has 3 heteroatoms. The topological polar surface area (TPSA) is 35.5 Å². The van der Waals surface area contributed by atoms with Gasteiger partial charge in [-0.25, -0.2) is 0 Å². The van der Waals surface area contributed by atoms with Crippen LogP contribution in [-0.2, 0) is 0 Å². The zero-order valence-electron chi connectivity index (χ0n) is 11.5. The Morgan fingerprint density at radius 3 is 2.30 bits per heavy atom. The molecule has 2 rings (SSSR count). The zero-order valence-corrected chi connectivity index (χ0v) is 11.5. The van der Waals surface area contributed by atoms with Crippen molar-refractivity contribution >= 4 is 11.9 Å². The lowest BCUT2D eigenvalue weighted by Crippen LogP contribution is -1.94. The number of hydrogen-bond donors (Lipinski definition) is 0. The Balaban J connectivity index is 2.11. The molecule has 0 fully saturated rings. The van der Waals surface area contributed by atoms with E-state index in [1.807, 2.05) is 24.3 Å². The van der Waals surface area contributed by atoms with Gasteiger partial charge in [-0.2, -0.15) is 0 Å². The van der Waals surface area contributed by atoms with Gasteiger partial charge in [-0.3, -0.25) is 4.79 Å². The molecular formula is C17H16O3. The first-order chi connectivity index (χ1) is 9.72. The number of hydrogen-bond acceptors (Lipinski definition) is 3. The second kappa shape index (κ2) is 6.57. The fraction of sp³-hybridized carbons (Fsp3) is 0.118. The predicted octanol–water partition coefficient (Wildman–Crippen LogP) is 3.60. The molecule has 2 aromatic rings. The molecule has 0 spiro atoms. The van der Waals surface area contributed by atoms with Gasteiger partial charge in [0.1, 0.15) is 11.5 Å². The van der Waals surface area contributed by atoms with Crippen LogP contribution in [0, 0.1) is 0 Å². The number of methoxy groups -OCH3 is 2. The van der Waals surface area contributed by atoms with E-state index in [0.717, 1.165) is 17.1 Å². The molecular weight excluding hydrogens is 252 g/mol. The summed E-state index contributed by atoms with van der Waals surface area (Å²) in [6.07, 6.45) is 3.33. The molecule has 102 valence electrons. The Kier molecular flexibility index (Phi) is 4.56. The van der Waals surface area contributed by atoms with Crippen LogP contribution in [0.1, 0.15) is 15.9 Å². The Bertz CT molecular complexity index is 612. The minimum atomic E-state index is -0.0459. The summed E-state index contributed by atoms with van der Waals surface area (Å²) in [5, 5.41) is 0. The van der Waals surface area contributed by atoms with Crippen LogP contribution in [0.4, 0.5) is 0 Å². The lowest BCUT2D eigenvalue weighted by Gasteiger charge is -2.01. The van der Waals surface area contributed by atoms with E-state index in [-0.39, 0.29) is 5.78 Å². The smallest absolute Gasteiger partial charge is 0.185 e. The van der Waals surface area contributed by atoms with Gasteiger partial charge in [-0.1, -0.05) is 18.2 Å². The van der Waals surface area contributed by atoms with Gasteiger partial charge in [0.2, 0.25) is 0 Å². The van der Waals surface area contributed by atoms with Crippen LogP contribution in [0.5, 0.6) is 11.5 Å². The van der Waals surface area contributed by atoms with Crippen molar-refractivity contribution in [2.24, 2.45) is 0 Å². The summed E-state index contributed by atoms with van der Waals surface area (Å²) in [4.78, 5) is 12.0. The molecule has 0 amide bonds. The minimum Gasteiger partial charge on any atom is -0.497 e. The fourth-order valence-corrected chi connectivity index (χ4v) is 1.77. The number of benzene rings is 2. The predicted molar refractivity (Wildman–Crippen MR) is 79.4 cm³/mol. The first kappa shape index (κ1) is 13.9. The zero-order chi connectivity index (χ0) is 14.4. The van der Waals surface area contributed by atoms with Crippen molar-refractivity contribution in [1.29, 1.82) is 0 Å². The molecule has 0 bridgehead atoms. The number of allylic oxidation sites excluding steroid dienone is 1. The van der Waals surface area contributed by atoms with Crippen molar-refractivity contribution in [3.05, 3.63) is 65.7 Å². The highest BCUT2D eigenvalue weighted by atomic mass is 16.5.